The van der Waals surface area contributed by atoms with Crippen molar-refractivity contribution in [2.45, 2.75) is 51.0 Å². The molecule has 0 aliphatic carbocycles. The summed E-state index contributed by atoms with van der Waals surface area (Å²) in [6, 6.07) is 3.74. The fraction of sp³-hybridized carbons (Fsp3) is 0.545. The number of carbonyl (C=O) groups is 4. The summed E-state index contributed by atoms with van der Waals surface area (Å²) in [7, 11) is 0. The standard InChI is InChI=1S/C22H28N2O7/c25-10-2-5-12-30-11-3-1-4-13-31-15-6-7-16-17(14-15)22(29)24(21(16)28)18-8-9-19(26)23-20(18)27/h6-7,14,18,25H,1-5,8-13H2,(H,23,26,27). The Labute approximate surface area is 180 Å². The second-order valence-electron chi connectivity index (χ2n) is 7.61. The summed E-state index contributed by atoms with van der Waals surface area (Å²) in [4.78, 5) is 49.8. The second kappa shape index (κ2) is 11.0. The number of fused-ring (bicyclic) bond motifs is 1. The Morgan fingerprint density at radius 2 is 1.65 bits per heavy atom. The number of hydrogen-bond acceptors (Lipinski definition) is 7. The van der Waals surface area contributed by atoms with Crippen molar-refractivity contribution in [1.29, 1.82) is 0 Å². The summed E-state index contributed by atoms with van der Waals surface area (Å²) < 4.78 is 11.2. The van der Waals surface area contributed by atoms with Crippen LogP contribution in [0.1, 0.15) is 65.7 Å². The first-order valence-corrected chi connectivity index (χ1v) is 10.7. The van der Waals surface area contributed by atoms with Crippen LogP contribution in [0.5, 0.6) is 5.75 Å². The van der Waals surface area contributed by atoms with Crippen molar-refractivity contribution in [3.63, 3.8) is 0 Å². The number of benzene rings is 1. The summed E-state index contributed by atoms with van der Waals surface area (Å²) in [6.07, 6.45) is 4.52. The summed E-state index contributed by atoms with van der Waals surface area (Å²) in [5.41, 5.74) is 0.448. The summed E-state index contributed by atoms with van der Waals surface area (Å²) in [5.74, 6) is -1.61. The third kappa shape index (κ3) is 5.68. The predicted octanol–water partition coefficient (Wildman–Crippen LogP) is 1.43. The highest BCUT2D eigenvalue weighted by Gasteiger charge is 2.44. The van der Waals surface area contributed by atoms with Crippen LogP contribution in [0, 0.1) is 0 Å². The van der Waals surface area contributed by atoms with Gasteiger partial charge in [-0.05, 0) is 56.7 Å². The molecule has 1 aromatic carbocycles. The lowest BCUT2D eigenvalue weighted by atomic mass is 10.0. The first-order chi connectivity index (χ1) is 15.0. The van der Waals surface area contributed by atoms with Gasteiger partial charge in [-0.3, -0.25) is 29.4 Å². The molecule has 4 amide bonds. The van der Waals surface area contributed by atoms with Gasteiger partial charge in [0.05, 0.1) is 17.7 Å². The van der Waals surface area contributed by atoms with E-state index in [2.05, 4.69) is 5.32 Å². The number of hydrogen-bond donors (Lipinski definition) is 2. The van der Waals surface area contributed by atoms with Crippen molar-refractivity contribution in [2.75, 3.05) is 26.4 Å². The number of unbranched alkanes of at least 4 members (excludes halogenated alkanes) is 3. The van der Waals surface area contributed by atoms with Crippen molar-refractivity contribution in [1.82, 2.24) is 10.2 Å². The zero-order valence-electron chi connectivity index (χ0n) is 17.4. The minimum atomic E-state index is -0.972. The number of aliphatic hydroxyl groups is 1. The molecule has 2 heterocycles. The number of nitrogens with zero attached hydrogens (tertiary/aromatic N) is 1. The van der Waals surface area contributed by atoms with Gasteiger partial charge < -0.3 is 14.6 Å². The molecule has 2 N–H and O–H groups in total. The second-order valence-corrected chi connectivity index (χ2v) is 7.61. The molecule has 1 unspecified atom stereocenters. The molecular formula is C22H28N2O7. The molecule has 9 heteroatoms. The van der Waals surface area contributed by atoms with E-state index in [4.69, 9.17) is 14.6 Å². The van der Waals surface area contributed by atoms with Gasteiger partial charge >= 0.3 is 0 Å². The van der Waals surface area contributed by atoms with Crippen LogP contribution in [0.3, 0.4) is 0 Å². The Balaban J connectivity index is 1.46. The van der Waals surface area contributed by atoms with Gasteiger partial charge in [0.15, 0.2) is 0 Å². The van der Waals surface area contributed by atoms with Crippen LogP contribution in [-0.2, 0) is 14.3 Å². The number of amides is 4. The van der Waals surface area contributed by atoms with Crippen molar-refractivity contribution < 1.29 is 33.8 Å². The maximum atomic E-state index is 12.8. The Bertz CT molecular complexity index is 839. The number of aliphatic hydroxyl groups excluding tert-OH is 1. The molecule has 0 aromatic heterocycles. The van der Waals surface area contributed by atoms with Gasteiger partial charge in [0.1, 0.15) is 11.8 Å². The molecule has 1 atom stereocenters. The normalized spacial score (nSPS) is 18.4. The van der Waals surface area contributed by atoms with Crippen molar-refractivity contribution in [2.24, 2.45) is 0 Å². The first kappa shape index (κ1) is 22.9. The lowest BCUT2D eigenvalue weighted by molar-refractivity contribution is -0.136. The average molecular weight is 432 g/mol. The molecule has 2 aliphatic heterocycles. The van der Waals surface area contributed by atoms with Crippen molar-refractivity contribution in [3.8, 4) is 5.75 Å². The van der Waals surface area contributed by atoms with E-state index < -0.39 is 29.7 Å². The number of nitrogens with one attached hydrogen (secondary N) is 1. The highest BCUT2D eigenvalue weighted by Crippen LogP contribution is 2.30. The Morgan fingerprint density at radius 3 is 2.39 bits per heavy atom. The Hall–Kier alpha value is -2.78. The molecule has 2 aliphatic rings. The number of carbonyl (C=O) groups excluding carboxylic acids is 4. The molecular weight excluding hydrogens is 404 g/mol. The quantitative estimate of drug-likeness (QED) is 0.378. The van der Waals surface area contributed by atoms with Crippen LogP contribution in [0.4, 0.5) is 0 Å². The molecule has 0 bridgehead atoms. The number of ether oxygens (including phenoxy) is 2. The highest BCUT2D eigenvalue weighted by atomic mass is 16.5. The first-order valence-electron chi connectivity index (χ1n) is 10.7. The third-order valence-electron chi connectivity index (χ3n) is 5.31. The van der Waals surface area contributed by atoms with Crippen LogP contribution in [0.2, 0.25) is 0 Å². The molecule has 1 saturated heterocycles. The SMILES string of the molecule is O=C1CCC(N2C(=O)c3ccc(OCCCCCOCCCCO)cc3C2=O)C(=O)N1. The van der Waals surface area contributed by atoms with E-state index in [1.54, 1.807) is 6.07 Å². The van der Waals surface area contributed by atoms with Gasteiger partial charge in [0.2, 0.25) is 11.8 Å². The fourth-order valence-electron chi connectivity index (χ4n) is 3.63. The van der Waals surface area contributed by atoms with Gasteiger partial charge in [0, 0.05) is 26.2 Å². The molecule has 9 nitrogen and oxygen atoms in total. The van der Waals surface area contributed by atoms with E-state index in [9.17, 15) is 19.2 Å². The molecule has 168 valence electrons. The third-order valence-corrected chi connectivity index (χ3v) is 5.31. The van der Waals surface area contributed by atoms with E-state index in [1.807, 2.05) is 0 Å². The number of piperidine rings is 1. The zero-order valence-corrected chi connectivity index (χ0v) is 17.4. The molecule has 1 aromatic rings. The monoisotopic (exact) mass is 432 g/mol. The van der Waals surface area contributed by atoms with Crippen LogP contribution in [0.15, 0.2) is 18.2 Å². The Morgan fingerprint density at radius 1 is 0.935 bits per heavy atom. The fourth-order valence-corrected chi connectivity index (χ4v) is 3.63. The smallest absolute Gasteiger partial charge is 0.262 e. The van der Waals surface area contributed by atoms with Gasteiger partial charge in [-0.1, -0.05) is 0 Å². The zero-order chi connectivity index (χ0) is 22.2. The lowest BCUT2D eigenvalue weighted by Gasteiger charge is -2.27. The van der Waals surface area contributed by atoms with Crippen LogP contribution in [0.25, 0.3) is 0 Å². The summed E-state index contributed by atoms with van der Waals surface area (Å²) in [6.45, 7) is 2.01. The number of rotatable bonds is 12. The van der Waals surface area contributed by atoms with E-state index >= 15 is 0 Å². The average Bonchev–Trinajstić information content (AvgIpc) is 2.99. The summed E-state index contributed by atoms with van der Waals surface area (Å²) in [5, 5.41) is 10.9. The maximum Gasteiger partial charge on any atom is 0.262 e. The molecule has 0 saturated carbocycles. The van der Waals surface area contributed by atoms with E-state index in [1.165, 1.54) is 12.1 Å². The molecule has 3 rings (SSSR count). The van der Waals surface area contributed by atoms with Crippen LogP contribution < -0.4 is 10.1 Å². The predicted molar refractivity (Wildman–Crippen MR) is 110 cm³/mol. The topological polar surface area (TPSA) is 122 Å². The largest absolute Gasteiger partial charge is 0.494 e. The van der Waals surface area contributed by atoms with Gasteiger partial charge in [-0.2, -0.15) is 0 Å². The van der Waals surface area contributed by atoms with Gasteiger partial charge in [0.25, 0.3) is 11.8 Å². The van der Waals surface area contributed by atoms with E-state index in [0.29, 0.717) is 25.6 Å². The summed E-state index contributed by atoms with van der Waals surface area (Å²) >= 11 is 0. The molecule has 0 spiro atoms. The maximum absolute atomic E-state index is 12.8. The minimum Gasteiger partial charge on any atom is -0.494 e. The molecule has 31 heavy (non-hydrogen) atoms. The van der Waals surface area contributed by atoms with Gasteiger partial charge in [-0.15, -0.1) is 0 Å². The molecule has 1 fully saturated rings. The minimum absolute atomic E-state index is 0.0892. The van der Waals surface area contributed by atoms with Crippen LogP contribution in [-0.4, -0.2) is 66.1 Å². The highest BCUT2D eigenvalue weighted by molar-refractivity contribution is 6.23. The van der Waals surface area contributed by atoms with E-state index in [0.717, 1.165) is 37.0 Å². The van der Waals surface area contributed by atoms with Crippen LogP contribution >= 0.6 is 0 Å². The van der Waals surface area contributed by atoms with E-state index in [-0.39, 0.29) is 30.6 Å². The lowest BCUT2D eigenvalue weighted by Crippen LogP contribution is -2.54. The Kier molecular flexibility index (Phi) is 8.13. The van der Waals surface area contributed by atoms with Crippen molar-refractivity contribution in [3.05, 3.63) is 29.3 Å². The molecule has 0 radical (unpaired) electrons. The number of imide groups is 2. The van der Waals surface area contributed by atoms with Gasteiger partial charge in [-0.25, -0.2) is 0 Å². The van der Waals surface area contributed by atoms with Crippen molar-refractivity contribution >= 4 is 23.6 Å².